The van der Waals surface area contributed by atoms with Crippen LogP contribution in [0.25, 0.3) is 22.5 Å². The van der Waals surface area contributed by atoms with E-state index in [0.29, 0.717) is 41.5 Å². The highest BCUT2D eigenvalue weighted by Gasteiger charge is 2.38. The zero-order valence-corrected chi connectivity index (χ0v) is 30.4. The van der Waals surface area contributed by atoms with Crippen LogP contribution in [-0.2, 0) is 25.5 Å². The molecule has 288 valence electrons. The number of halogens is 4. The van der Waals surface area contributed by atoms with Crippen LogP contribution in [-0.4, -0.2) is 79.0 Å². The molecule has 1 aliphatic carbocycles. The van der Waals surface area contributed by atoms with E-state index in [4.69, 9.17) is 32.0 Å². The van der Waals surface area contributed by atoms with Crippen LogP contribution in [0.1, 0.15) is 52.0 Å². The molecule has 1 atom stereocenters. The zero-order chi connectivity index (χ0) is 39.6. The molecular weight excluding hydrogens is 733 g/mol. The van der Waals surface area contributed by atoms with Crippen LogP contribution in [0, 0.1) is 11.8 Å². The molecule has 2 aromatic heterocycles. The topological polar surface area (TPSA) is 206 Å². The number of nitrogens with one attached hydrogen (secondary N) is 2. The summed E-state index contributed by atoms with van der Waals surface area (Å²) in [7, 11) is 0. The van der Waals surface area contributed by atoms with Crippen molar-refractivity contribution >= 4 is 41.2 Å². The molecule has 5 rings (SSSR count). The molecule has 4 aromatic rings. The fourth-order valence-corrected chi connectivity index (χ4v) is 5.88. The summed E-state index contributed by atoms with van der Waals surface area (Å²) in [6.45, 7) is 5.91. The number of alkyl halides is 3. The van der Waals surface area contributed by atoms with Crippen molar-refractivity contribution in [3.05, 3.63) is 77.6 Å². The Hall–Kier alpha value is -5.42. The number of aliphatic carboxylic acids is 1. The van der Waals surface area contributed by atoms with Crippen LogP contribution in [0.5, 0.6) is 0 Å². The van der Waals surface area contributed by atoms with E-state index in [-0.39, 0.29) is 24.2 Å². The van der Waals surface area contributed by atoms with Crippen LogP contribution < -0.4 is 16.0 Å². The highest BCUT2D eigenvalue weighted by atomic mass is 35.5. The van der Waals surface area contributed by atoms with Crippen molar-refractivity contribution in [2.75, 3.05) is 11.4 Å². The predicted molar refractivity (Wildman–Crippen MR) is 192 cm³/mol. The number of rotatable bonds is 9. The number of imide groups is 1. The maximum Gasteiger partial charge on any atom is 0.490 e. The largest absolute Gasteiger partial charge is 0.490 e. The van der Waals surface area contributed by atoms with E-state index in [2.05, 4.69) is 30.9 Å². The number of anilines is 1. The number of carboxylic acids is 1. The van der Waals surface area contributed by atoms with E-state index in [0.717, 1.165) is 29.5 Å². The first-order valence-electron chi connectivity index (χ1n) is 16.9. The Morgan fingerprint density at radius 2 is 1.61 bits per heavy atom. The van der Waals surface area contributed by atoms with Crippen molar-refractivity contribution in [1.82, 2.24) is 30.9 Å². The van der Waals surface area contributed by atoms with Gasteiger partial charge in [-0.25, -0.2) is 14.5 Å². The Kier molecular flexibility index (Phi) is 13.8. The molecule has 0 saturated heterocycles. The maximum absolute atomic E-state index is 14.1. The summed E-state index contributed by atoms with van der Waals surface area (Å²) >= 11 is 6.33. The van der Waals surface area contributed by atoms with Crippen molar-refractivity contribution in [2.45, 2.75) is 70.7 Å². The van der Waals surface area contributed by atoms with Crippen molar-refractivity contribution < 1.29 is 42.2 Å². The zero-order valence-electron chi connectivity index (χ0n) is 29.6. The number of H-pyrrole nitrogens is 1. The molecule has 18 heteroatoms. The lowest BCUT2D eigenvalue weighted by Gasteiger charge is -2.32. The van der Waals surface area contributed by atoms with Crippen LogP contribution in [0.3, 0.4) is 0 Å². The van der Waals surface area contributed by atoms with E-state index < -0.39 is 35.8 Å². The van der Waals surface area contributed by atoms with Crippen LogP contribution in [0.2, 0.25) is 5.02 Å². The van der Waals surface area contributed by atoms with Crippen molar-refractivity contribution in [3.63, 3.8) is 0 Å². The van der Waals surface area contributed by atoms with Crippen molar-refractivity contribution in [3.8, 4) is 22.5 Å². The number of pyridine rings is 1. The van der Waals surface area contributed by atoms with Gasteiger partial charge in [-0.3, -0.25) is 14.6 Å². The number of nitrogens with two attached hydrogens (primary N) is 1. The molecule has 2 heterocycles. The van der Waals surface area contributed by atoms with Gasteiger partial charge >= 0.3 is 18.2 Å². The number of carbonyl (C=O) groups is 4. The van der Waals surface area contributed by atoms with Gasteiger partial charge in [-0.05, 0) is 105 Å². The minimum Gasteiger partial charge on any atom is -0.475 e. The molecule has 0 radical (unpaired) electrons. The average Bonchev–Trinajstić information content (AvgIpc) is 3.66. The first-order valence-corrected chi connectivity index (χ1v) is 17.2. The van der Waals surface area contributed by atoms with Gasteiger partial charge in [-0.1, -0.05) is 35.9 Å². The number of carboxylic acid groups (broad SMARTS) is 1. The summed E-state index contributed by atoms with van der Waals surface area (Å²) in [5, 5.41) is 24.6. The summed E-state index contributed by atoms with van der Waals surface area (Å²) in [4.78, 5) is 54.5. The van der Waals surface area contributed by atoms with Gasteiger partial charge in [0.15, 0.2) is 0 Å². The molecule has 0 unspecified atom stereocenters. The van der Waals surface area contributed by atoms with E-state index in [9.17, 15) is 27.6 Å². The third kappa shape index (κ3) is 11.8. The summed E-state index contributed by atoms with van der Waals surface area (Å²) in [6.07, 6.45) is 0.635. The van der Waals surface area contributed by atoms with Crippen LogP contribution >= 0.6 is 11.6 Å². The Balaban J connectivity index is 0.000000845. The second-order valence-corrected chi connectivity index (χ2v) is 14.0. The van der Waals surface area contributed by atoms with E-state index in [1.54, 1.807) is 42.7 Å². The molecule has 2 aromatic carbocycles. The van der Waals surface area contributed by atoms with E-state index in [1.807, 2.05) is 45.0 Å². The van der Waals surface area contributed by atoms with Gasteiger partial charge in [0, 0.05) is 36.0 Å². The number of ether oxygens (including phenoxy) is 1. The van der Waals surface area contributed by atoms with Gasteiger partial charge < -0.3 is 20.9 Å². The number of carbonyl (C=O) groups excluding carboxylic acids is 3. The monoisotopic (exact) mass is 772 g/mol. The molecule has 0 spiro atoms. The van der Waals surface area contributed by atoms with Crippen LogP contribution in [0.4, 0.5) is 23.7 Å². The molecule has 5 N–H and O–H groups in total. The fourth-order valence-electron chi connectivity index (χ4n) is 5.66. The standard InChI is InChI=1S/C34H39ClN8O4.C2HF3O2/c1-34(2,3)47-33(46)38-19-22-6-10-25(11-7-22)31(44)43(26-14-12-24(13-15-26)30-39-41-42-40-30)32(45)29(36)18-21-4-8-23(9-5-21)27-20-37-17-16-28(27)35;3-2(4,5)1(6)7/h4-5,8-9,12-17,20,22,25,29H,6-7,10-11,18-19,36H2,1-3H3,(H,38,46)(H,39,40,41,42);(H,6,7)/t22?,25?,29-;/m0./s1. The van der Waals surface area contributed by atoms with Gasteiger partial charge in [-0.15, -0.1) is 10.2 Å². The molecule has 1 saturated carbocycles. The third-order valence-electron chi connectivity index (χ3n) is 8.35. The van der Waals surface area contributed by atoms with Gasteiger partial charge in [0.05, 0.1) is 16.8 Å². The fraction of sp³-hybridized carbons (Fsp3) is 0.389. The number of tetrazole rings is 1. The number of alkyl carbamates (subject to hydrolysis) is 1. The van der Waals surface area contributed by atoms with Gasteiger partial charge in [0.25, 0.3) is 5.91 Å². The summed E-state index contributed by atoms with van der Waals surface area (Å²) in [5.74, 6) is -3.31. The highest BCUT2D eigenvalue weighted by Crippen LogP contribution is 2.33. The van der Waals surface area contributed by atoms with Crippen molar-refractivity contribution in [1.29, 1.82) is 0 Å². The molecule has 3 amide bonds. The molecular formula is C36H40ClF3N8O6. The number of benzene rings is 2. The number of aromatic amines is 1. The van der Waals surface area contributed by atoms with Gasteiger partial charge in [0.2, 0.25) is 11.7 Å². The van der Waals surface area contributed by atoms with Gasteiger partial charge in [-0.2, -0.15) is 18.4 Å². The quantitative estimate of drug-likeness (QED) is 0.156. The number of hydrogen-bond donors (Lipinski definition) is 4. The van der Waals surface area contributed by atoms with Crippen LogP contribution in [0.15, 0.2) is 67.0 Å². The minimum atomic E-state index is -5.08. The third-order valence-corrected chi connectivity index (χ3v) is 8.68. The minimum absolute atomic E-state index is 0.205. The second-order valence-electron chi connectivity index (χ2n) is 13.6. The van der Waals surface area contributed by atoms with E-state index >= 15 is 0 Å². The number of nitrogens with zero attached hydrogens (tertiary/aromatic N) is 5. The average molecular weight is 773 g/mol. The Bertz CT molecular complexity index is 1880. The smallest absolute Gasteiger partial charge is 0.475 e. The SMILES string of the molecule is CC(C)(C)OC(=O)NCC1CCC(C(=O)N(C(=O)[C@@H](N)Cc2ccc(-c3cnccc3Cl)cc2)c2ccc(-c3nn[nH]n3)cc2)CC1.O=C(O)C(F)(F)F. The Labute approximate surface area is 313 Å². The summed E-state index contributed by atoms with van der Waals surface area (Å²) in [5.41, 5.74) is 9.56. The lowest BCUT2D eigenvalue weighted by molar-refractivity contribution is -0.192. The summed E-state index contributed by atoms with van der Waals surface area (Å²) < 4.78 is 37.1. The molecule has 0 bridgehead atoms. The molecule has 54 heavy (non-hydrogen) atoms. The normalized spacial score (nSPS) is 16.3. The van der Waals surface area contributed by atoms with E-state index in [1.165, 1.54) is 4.90 Å². The maximum atomic E-state index is 14.1. The lowest BCUT2D eigenvalue weighted by atomic mass is 9.81. The lowest BCUT2D eigenvalue weighted by Crippen LogP contribution is -2.50. The number of aromatic nitrogens is 5. The molecule has 1 fully saturated rings. The number of hydrogen-bond acceptors (Lipinski definition) is 10. The molecule has 14 nitrogen and oxygen atoms in total. The summed E-state index contributed by atoms with van der Waals surface area (Å²) in [6, 6.07) is 15.2. The highest BCUT2D eigenvalue weighted by molar-refractivity contribution is 6.33. The Morgan fingerprint density at radius 1 is 1.00 bits per heavy atom. The first kappa shape index (κ1) is 41.3. The Morgan fingerprint density at radius 3 is 2.15 bits per heavy atom. The number of amides is 3. The van der Waals surface area contributed by atoms with Gasteiger partial charge in [0.1, 0.15) is 5.60 Å². The molecule has 1 aliphatic rings. The first-order chi connectivity index (χ1) is 25.4. The predicted octanol–water partition coefficient (Wildman–Crippen LogP) is 5.98. The second kappa shape index (κ2) is 18.1. The molecule has 0 aliphatic heterocycles. The van der Waals surface area contributed by atoms with Crippen molar-refractivity contribution in [2.24, 2.45) is 17.6 Å².